The highest BCUT2D eigenvalue weighted by molar-refractivity contribution is 5.82. The summed E-state index contributed by atoms with van der Waals surface area (Å²) in [5.41, 5.74) is -0.585. The minimum atomic E-state index is -0.439. The average Bonchev–Trinajstić information content (AvgIpc) is 2.56. The van der Waals surface area contributed by atoms with Crippen molar-refractivity contribution in [2.45, 2.75) is 32.1 Å². The number of morpholine rings is 1. The maximum absolute atomic E-state index is 12.8. The Labute approximate surface area is 146 Å². The van der Waals surface area contributed by atoms with Crippen LogP contribution in [0.1, 0.15) is 13.8 Å². The van der Waals surface area contributed by atoms with Crippen LogP contribution in [0.4, 0.5) is 0 Å². The van der Waals surface area contributed by atoms with Crippen LogP contribution >= 0.6 is 0 Å². The summed E-state index contributed by atoms with van der Waals surface area (Å²) >= 11 is 0. The molecule has 0 N–H and O–H groups in total. The number of ether oxygens (including phenoxy) is 2. The van der Waals surface area contributed by atoms with Gasteiger partial charge in [0.25, 0.3) is 5.56 Å². The number of hydrogen-bond acceptors (Lipinski definition) is 4. The molecule has 25 heavy (non-hydrogen) atoms. The highest BCUT2D eigenvalue weighted by atomic mass is 16.5. The molecule has 0 aliphatic carbocycles. The van der Waals surface area contributed by atoms with E-state index in [0.717, 1.165) is 5.39 Å². The van der Waals surface area contributed by atoms with E-state index in [0.29, 0.717) is 25.1 Å². The van der Waals surface area contributed by atoms with E-state index >= 15 is 0 Å². The molecule has 0 spiro atoms. The van der Waals surface area contributed by atoms with Crippen LogP contribution in [-0.4, -0.2) is 53.9 Å². The number of amides is 1. The van der Waals surface area contributed by atoms with E-state index < -0.39 is 5.60 Å². The molecule has 1 amide bonds. The number of pyridine rings is 1. The Bertz CT molecular complexity index is 828. The number of hydrogen-bond donors (Lipinski definition) is 0. The van der Waals surface area contributed by atoms with Gasteiger partial charge in [-0.15, -0.1) is 0 Å². The third-order valence-corrected chi connectivity index (χ3v) is 4.38. The second-order valence-corrected chi connectivity index (χ2v) is 7.07. The Morgan fingerprint density at radius 2 is 2.08 bits per heavy atom. The summed E-state index contributed by atoms with van der Waals surface area (Å²) in [4.78, 5) is 27.1. The maximum Gasteiger partial charge on any atom is 0.258 e. The third kappa shape index (κ3) is 3.91. The first-order valence-electron chi connectivity index (χ1n) is 8.42. The normalized spacial score (nSPS) is 20.0. The van der Waals surface area contributed by atoms with Crippen molar-refractivity contribution in [3.63, 3.8) is 0 Å². The van der Waals surface area contributed by atoms with Gasteiger partial charge in [-0.25, -0.2) is 0 Å². The summed E-state index contributed by atoms with van der Waals surface area (Å²) in [6.45, 7) is 5.34. The number of rotatable bonds is 4. The van der Waals surface area contributed by atoms with Crippen molar-refractivity contribution in [2.75, 3.05) is 26.8 Å². The smallest absolute Gasteiger partial charge is 0.258 e. The van der Waals surface area contributed by atoms with Crippen LogP contribution < -0.4 is 5.56 Å². The van der Waals surface area contributed by atoms with Gasteiger partial charge in [-0.3, -0.25) is 9.59 Å². The molecule has 0 unspecified atom stereocenters. The summed E-state index contributed by atoms with van der Waals surface area (Å²) in [7, 11) is 1.62. The Balaban J connectivity index is 1.80. The lowest BCUT2D eigenvalue weighted by atomic mass is 10.1. The molecular weight excluding hydrogens is 320 g/mol. The molecule has 1 aromatic carbocycles. The van der Waals surface area contributed by atoms with Crippen molar-refractivity contribution in [1.29, 1.82) is 0 Å². The Morgan fingerprint density at radius 1 is 1.32 bits per heavy atom. The number of aromatic nitrogens is 1. The molecule has 1 aliphatic heterocycles. The predicted octanol–water partition coefficient (Wildman–Crippen LogP) is 1.65. The number of carbonyl (C=O) groups is 1. The monoisotopic (exact) mass is 344 g/mol. The largest absolute Gasteiger partial charge is 0.382 e. The van der Waals surface area contributed by atoms with E-state index in [-0.39, 0.29) is 24.1 Å². The zero-order valence-corrected chi connectivity index (χ0v) is 14.9. The molecular formula is C19H24N2O4. The molecule has 2 aromatic rings. The SMILES string of the molecule is COC[C@@H]1CN(C(=O)Cn2ccc3ccccc3c2=O)CC(C)(C)O1. The van der Waals surface area contributed by atoms with Gasteiger partial charge in [-0.05, 0) is 31.4 Å². The average molecular weight is 344 g/mol. The van der Waals surface area contributed by atoms with E-state index in [4.69, 9.17) is 9.47 Å². The molecule has 1 aromatic heterocycles. The number of methoxy groups -OCH3 is 1. The van der Waals surface area contributed by atoms with Crippen molar-refractivity contribution < 1.29 is 14.3 Å². The summed E-state index contributed by atoms with van der Waals surface area (Å²) in [6.07, 6.45) is 1.52. The van der Waals surface area contributed by atoms with Crippen LogP contribution in [0, 0.1) is 0 Å². The standard InChI is InChI=1S/C19H24N2O4/c1-19(2)13-21(10-15(25-19)12-24-3)17(22)11-20-9-8-14-6-4-5-7-16(14)18(20)23/h4-9,15H,10-13H2,1-3H3/t15-/m0/s1. The van der Waals surface area contributed by atoms with Gasteiger partial charge in [0.2, 0.25) is 5.91 Å². The minimum absolute atomic E-state index is 0.0272. The van der Waals surface area contributed by atoms with E-state index in [1.165, 1.54) is 4.57 Å². The second-order valence-electron chi connectivity index (χ2n) is 7.07. The highest BCUT2D eigenvalue weighted by Crippen LogP contribution is 2.21. The maximum atomic E-state index is 12.8. The molecule has 6 heteroatoms. The Morgan fingerprint density at radius 3 is 2.84 bits per heavy atom. The zero-order valence-electron chi connectivity index (χ0n) is 14.9. The first-order valence-corrected chi connectivity index (χ1v) is 8.42. The van der Waals surface area contributed by atoms with Crippen molar-refractivity contribution >= 4 is 16.7 Å². The number of fused-ring (bicyclic) bond motifs is 1. The number of benzene rings is 1. The van der Waals surface area contributed by atoms with E-state index in [1.807, 2.05) is 38.1 Å². The van der Waals surface area contributed by atoms with Gasteiger partial charge in [-0.1, -0.05) is 18.2 Å². The predicted molar refractivity (Wildman–Crippen MR) is 95.6 cm³/mol. The first kappa shape index (κ1) is 17.6. The number of carbonyl (C=O) groups excluding carboxylic acids is 1. The summed E-state index contributed by atoms with van der Waals surface area (Å²) in [6, 6.07) is 9.26. The fraction of sp³-hybridized carbons (Fsp3) is 0.474. The topological polar surface area (TPSA) is 60.8 Å². The molecule has 2 heterocycles. The second kappa shape index (κ2) is 6.98. The quantitative estimate of drug-likeness (QED) is 0.846. The Hall–Kier alpha value is -2.18. The lowest BCUT2D eigenvalue weighted by Crippen LogP contribution is -2.56. The van der Waals surface area contributed by atoms with Gasteiger partial charge in [0.1, 0.15) is 6.54 Å². The van der Waals surface area contributed by atoms with E-state index in [2.05, 4.69) is 0 Å². The third-order valence-electron chi connectivity index (χ3n) is 4.38. The summed E-state index contributed by atoms with van der Waals surface area (Å²) in [5.74, 6) is -0.0881. The lowest BCUT2D eigenvalue weighted by Gasteiger charge is -2.42. The molecule has 6 nitrogen and oxygen atoms in total. The molecule has 1 aliphatic rings. The molecule has 1 fully saturated rings. The van der Waals surface area contributed by atoms with Crippen LogP contribution in [0.15, 0.2) is 41.3 Å². The zero-order chi connectivity index (χ0) is 18.0. The van der Waals surface area contributed by atoms with Crippen LogP contribution in [0.25, 0.3) is 10.8 Å². The van der Waals surface area contributed by atoms with E-state index in [9.17, 15) is 9.59 Å². The van der Waals surface area contributed by atoms with Crippen LogP contribution in [0.3, 0.4) is 0 Å². The fourth-order valence-electron chi connectivity index (χ4n) is 3.36. The van der Waals surface area contributed by atoms with Crippen molar-refractivity contribution in [2.24, 2.45) is 0 Å². The summed E-state index contributed by atoms with van der Waals surface area (Å²) in [5, 5.41) is 1.50. The first-order chi connectivity index (χ1) is 11.9. The lowest BCUT2D eigenvalue weighted by molar-refractivity contribution is -0.169. The summed E-state index contributed by atoms with van der Waals surface area (Å²) < 4.78 is 12.6. The minimum Gasteiger partial charge on any atom is -0.382 e. The molecule has 134 valence electrons. The van der Waals surface area contributed by atoms with Crippen LogP contribution in [0.5, 0.6) is 0 Å². The van der Waals surface area contributed by atoms with Gasteiger partial charge in [0.05, 0.1) is 18.3 Å². The van der Waals surface area contributed by atoms with Crippen molar-refractivity contribution in [3.8, 4) is 0 Å². The molecule has 1 atom stereocenters. The van der Waals surface area contributed by atoms with Crippen LogP contribution in [-0.2, 0) is 20.8 Å². The molecule has 0 radical (unpaired) electrons. The van der Waals surface area contributed by atoms with Gasteiger partial charge in [-0.2, -0.15) is 0 Å². The number of nitrogens with zero attached hydrogens (tertiary/aromatic N) is 2. The van der Waals surface area contributed by atoms with Gasteiger partial charge < -0.3 is 18.9 Å². The molecule has 0 bridgehead atoms. The van der Waals surface area contributed by atoms with Gasteiger partial charge >= 0.3 is 0 Å². The van der Waals surface area contributed by atoms with Gasteiger partial charge in [0, 0.05) is 31.8 Å². The van der Waals surface area contributed by atoms with E-state index in [1.54, 1.807) is 24.3 Å². The van der Waals surface area contributed by atoms with Crippen molar-refractivity contribution in [3.05, 3.63) is 46.9 Å². The van der Waals surface area contributed by atoms with Crippen molar-refractivity contribution in [1.82, 2.24) is 9.47 Å². The highest BCUT2D eigenvalue weighted by Gasteiger charge is 2.35. The molecule has 3 rings (SSSR count). The fourth-order valence-corrected chi connectivity index (χ4v) is 3.36. The van der Waals surface area contributed by atoms with Gasteiger partial charge in [0.15, 0.2) is 0 Å². The molecule has 0 saturated carbocycles. The Kier molecular flexibility index (Phi) is 4.92. The van der Waals surface area contributed by atoms with Crippen LogP contribution in [0.2, 0.25) is 0 Å². The molecule has 1 saturated heterocycles.